The molecule has 0 heterocycles. The highest BCUT2D eigenvalue weighted by atomic mass is 28.3. The molecule has 0 atom stereocenters. The molecule has 1 aromatic rings. The van der Waals surface area contributed by atoms with Crippen LogP contribution in [0.25, 0.3) is 0 Å². The van der Waals surface area contributed by atoms with Crippen LogP contribution in [0.3, 0.4) is 0 Å². The summed E-state index contributed by atoms with van der Waals surface area (Å²) in [5, 5.41) is 9.31. The van der Waals surface area contributed by atoms with Crippen LogP contribution in [0.1, 0.15) is 0 Å². The number of phenolic OH excluding ortho intramolecular Hbond substituents is 1. The van der Waals surface area contributed by atoms with Crippen molar-refractivity contribution in [3.05, 3.63) is 24.3 Å². The lowest BCUT2D eigenvalue weighted by Gasteiger charge is -2.08. The lowest BCUT2D eigenvalue weighted by Crippen LogP contribution is -2.14. The van der Waals surface area contributed by atoms with Gasteiger partial charge in [0.2, 0.25) is 0 Å². The highest BCUT2D eigenvalue weighted by Gasteiger charge is 2.01. The molecule has 3 heteroatoms. The van der Waals surface area contributed by atoms with Gasteiger partial charge in [0.15, 0.2) is 11.5 Å². The second kappa shape index (κ2) is 4.16. The van der Waals surface area contributed by atoms with Gasteiger partial charge in [0.1, 0.15) is 0 Å². The molecule has 0 aliphatic rings. The summed E-state index contributed by atoms with van der Waals surface area (Å²) >= 11 is 0. The Bertz CT molecular complexity index is 248. The fourth-order valence-corrected chi connectivity index (χ4v) is 1.35. The van der Waals surface area contributed by atoms with Gasteiger partial charge in [-0.15, -0.1) is 0 Å². The van der Waals surface area contributed by atoms with Crippen molar-refractivity contribution >= 4 is 8.80 Å². The van der Waals surface area contributed by atoms with Gasteiger partial charge < -0.3 is 9.84 Å². The molecule has 2 nitrogen and oxygen atoms in total. The van der Waals surface area contributed by atoms with Crippen LogP contribution in [0.15, 0.2) is 24.3 Å². The Morgan fingerprint density at radius 1 is 1.33 bits per heavy atom. The highest BCUT2D eigenvalue weighted by Crippen LogP contribution is 2.24. The van der Waals surface area contributed by atoms with E-state index in [1.165, 1.54) is 0 Å². The maximum Gasteiger partial charge on any atom is 0.160 e. The largest absolute Gasteiger partial charge is 0.504 e. The number of phenols is 1. The minimum absolute atomic E-state index is 0.229. The van der Waals surface area contributed by atoms with Crippen LogP contribution in [0.2, 0.25) is 13.1 Å². The Balaban J connectivity index is 2.57. The second-order valence-corrected chi connectivity index (χ2v) is 6.29. The third-order valence-electron chi connectivity index (χ3n) is 1.44. The summed E-state index contributed by atoms with van der Waals surface area (Å²) in [4.78, 5) is 0. The van der Waals surface area contributed by atoms with E-state index in [4.69, 9.17) is 4.74 Å². The average molecular weight is 182 g/mol. The summed E-state index contributed by atoms with van der Waals surface area (Å²) in [6.07, 6.45) is 0.775. The summed E-state index contributed by atoms with van der Waals surface area (Å²) in [5.74, 6) is 0.825. The molecule has 0 saturated carbocycles. The molecule has 0 bridgehead atoms. The second-order valence-electron chi connectivity index (χ2n) is 3.17. The fourth-order valence-electron chi connectivity index (χ4n) is 0.836. The van der Waals surface area contributed by atoms with Crippen LogP contribution >= 0.6 is 0 Å². The summed E-state index contributed by atoms with van der Waals surface area (Å²) in [7, 11) is -0.694. The highest BCUT2D eigenvalue weighted by molar-refractivity contribution is 6.55. The Hall–Kier alpha value is -0.963. The Morgan fingerprint density at radius 3 is 2.58 bits per heavy atom. The van der Waals surface area contributed by atoms with Crippen LogP contribution in [-0.4, -0.2) is 20.1 Å². The normalized spacial score (nSPS) is 10.2. The van der Waals surface area contributed by atoms with Crippen LogP contribution in [0.5, 0.6) is 11.5 Å². The zero-order chi connectivity index (χ0) is 8.97. The van der Waals surface area contributed by atoms with E-state index in [0.717, 1.165) is 6.23 Å². The molecule has 0 radical (unpaired) electrons. The van der Waals surface area contributed by atoms with Gasteiger partial charge in [-0.05, 0) is 12.1 Å². The molecule has 0 amide bonds. The molecule has 1 aromatic carbocycles. The first-order valence-electron chi connectivity index (χ1n) is 4.11. The molecular formula is C9H14O2Si. The molecule has 0 saturated heterocycles. The fraction of sp³-hybridized carbons (Fsp3) is 0.333. The molecule has 0 aromatic heterocycles. The van der Waals surface area contributed by atoms with Crippen LogP contribution in [0.4, 0.5) is 0 Å². The first-order chi connectivity index (χ1) is 5.70. The summed E-state index contributed by atoms with van der Waals surface area (Å²) in [6.45, 7) is 4.42. The number of hydrogen-bond acceptors (Lipinski definition) is 2. The van der Waals surface area contributed by atoms with E-state index in [1.807, 2.05) is 6.07 Å². The van der Waals surface area contributed by atoms with Gasteiger partial charge in [0.25, 0.3) is 0 Å². The summed E-state index contributed by atoms with van der Waals surface area (Å²) in [6, 6.07) is 7.06. The number of para-hydroxylation sites is 2. The standard InChI is InChI=1S/C9H14O2Si/c1-12(2)7-11-9-6-4-3-5-8(9)10/h3-6,10,12H,7H2,1-2H3. The first kappa shape index (κ1) is 9.13. The lowest BCUT2D eigenvalue weighted by molar-refractivity contribution is 0.350. The topological polar surface area (TPSA) is 29.5 Å². The molecule has 0 aliphatic carbocycles. The predicted molar refractivity (Wildman–Crippen MR) is 52.5 cm³/mol. The molecule has 12 heavy (non-hydrogen) atoms. The van der Waals surface area contributed by atoms with E-state index >= 15 is 0 Å². The van der Waals surface area contributed by atoms with E-state index < -0.39 is 8.80 Å². The van der Waals surface area contributed by atoms with E-state index in [1.54, 1.807) is 18.2 Å². The minimum Gasteiger partial charge on any atom is -0.504 e. The zero-order valence-corrected chi connectivity index (χ0v) is 8.60. The first-order valence-corrected chi connectivity index (χ1v) is 7.23. The molecule has 66 valence electrons. The van der Waals surface area contributed by atoms with Gasteiger partial charge in [-0.2, -0.15) is 0 Å². The van der Waals surface area contributed by atoms with Crippen molar-refractivity contribution in [3.8, 4) is 11.5 Å². The average Bonchev–Trinajstić information content (AvgIpc) is 2.03. The third-order valence-corrected chi connectivity index (χ3v) is 2.27. The smallest absolute Gasteiger partial charge is 0.160 e. The van der Waals surface area contributed by atoms with Crippen molar-refractivity contribution in [3.63, 3.8) is 0 Å². The quantitative estimate of drug-likeness (QED) is 0.722. The number of benzene rings is 1. The molecule has 1 rings (SSSR count). The molecule has 0 unspecified atom stereocenters. The monoisotopic (exact) mass is 182 g/mol. The Labute approximate surface area is 74.4 Å². The van der Waals surface area contributed by atoms with Crippen LogP contribution in [0, 0.1) is 0 Å². The van der Waals surface area contributed by atoms with Crippen molar-refractivity contribution in [2.45, 2.75) is 13.1 Å². The lowest BCUT2D eigenvalue weighted by atomic mass is 10.3. The summed E-state index contributed by atoms with van der Waals surface area (Å²) in [5.41, 5.74) is 0. The van der Waals surface area contributed by atoms with Crippen molar-refractivity contribution in [2.75, 3.05) is 6.23 Å². The van der Waals surface area contributed by atoms with E-state index in [2.05, 4.69) is 13.1 Å². The maximum atomic E-state index is 9.31. The minimum atomic E-state index is -0.694. The van der Waals surface area contributed by atoms with Gasteiger partial charge in [-0.1, -0.05) is 25.2 Å². The molecular weight excluding hydrogens is 168 g/mol. The molecule has 0 fully saturated rings. The van der Waals surface area contributed by atoms with E-state index in [9.17, 15) is 5.11 Å². The Kier molecular flexibility index (Phi) is 3.16. The van der Waals surface area contributed by atoms with Gasteiger partial charge in [0.05, 0.1) is 15.0 Å². The van der Waals surface area contributed by atoms with E-state index in [-0.39, 0.29) is 5.75 Å². The van der Waals surface area contributed by atoms with Crippen molar-refractivity contribution < 1.29 is 9.84 Å². The Morgan fingerprint density at radius 2 is 2.00 bits per heavy atom. The number of hydrogen-bond donors (Lipinski definition) is 1. The van der Waals surface area contributed by atoms with Crippen molar-refractivity contribution in [1.29, 1.82) is 0 Å². The van der Waals surface area contributed by atoms with Gasteiger partial charge in [0, 0.05) is 0 Å². The van der Waals surface area contributed by atoms with Gasteiger partial charge in [-0.25, -0.2) is 0 Å². The summed E-state index contributed by atoms with van der Waals surface area (Å²) < 4.78 is 5.41. The number of rotatable bonds is 3. The third kappa shape index (κ3) is 2.58. The van der Waals surface area contributed by atoms with Crippen LogP contribution < -0.4 is 4.74 Å². The van der Waals surface area contributed by atoms with Crippen LogP contribution in [-0.2, 0) is 0 Å². The number of ether oxygens (including phenoxy) is 1. The molecule has 0 spiro atoms. The predicted octanol–water partition coefficient (Wildman–Crippen LogP) is 1.80. The van der Waals surface area contributed by atoms with E-state index in [0.29, 0.717) is 5.75 Å². The van der Waals surface area contributed by atoms with Gasteiger partial charge in [-0.3, -0.25) is 0 Å². The van der Waals surface area contributed by atoms with Crippen molar-refractivity contribution in [2.24, 2.45) is 0 Å². The maximum absolute atomic E-state index is 9.31. The zero-order valence-electron chi connectivity index (χ0n) is 7.45. The van der Waals surface area contributed by atoms with Gasteiger partial charge >= 0.3 is 0 Å². The number of aromatic hydroxyl groups is 1. The SMILES string of the molecule is C[SiH](C)COc1ccccc1O. The van der Waals surface area contributed by atoms with Crippen molar-refractivity contribution in [1.82, 2.24) is 0 Å². The molecule has 0 aliphatic heterocycles. The molecule has 1 N–H and O–H groups in total.